The molecule has 200 valence electrons. The molecule has 1 aromatic heterocycles. The maximum absolute atomic E-state index is 13.3. The van der Waals surface area contributed by atoms with Gasteiger partial charge in [-0.3, -0.25) is 9.59 Å². The van der Waals surface area contributed by atoms with Crippen LogP contribution >= 0.6 is 0 Å². The number of carbonyl (C=O) groups excluding carboxylic acids is 3. The molecular weight excluding hydrogens is 482 g/mol. The zero-order valence-electron chi connectivity index (χ0n) is 22.7. The Morgan fingerprint density at radius 1 is 1.05 bits per heavy atom. The van der Waals surface area contributed by atoms with E-state index in [2.05, 4.69) is 4.57 Å². The average molecular weight is 518 g/mol. The molecule has 5 rings (SSSR count). The first-order valence-corrected chi connectivity index (χ1v) is 13.2. The van der Waals surface area contributed by atoms with Gasteiger partial charge in [0.25, 0.3) is 0 Å². The third-order valence-electron chi connectivity index (χ3n) is 7.25. The summed E-state index contributed by atoms with van der Waals surface area (Å²) < 4.78 is 13.2. The minimum absolute atomic E-state index is 0.00944. The van der Waals surface area contributed by atoms with Gasteiger partial charge in [-0.2, -0.15) is 0 Å². The maximum atomic E-state index is 13.3. The summed E-state index contributed by atoms with van der Waals surface area (Å²) in [6, 6.07) is 13.0. The molecule has 0 bridgehead atoms. The van der Waals surface area contributed by atoms with Crippen LogP contribution in [0.4, 0.5) is 0 Å². The highest BCUT2D eigenvalue weighted by Gasteiger charge is 2.43. The summed E-state index contributed by atoms with van der Waals surface area (Å²) in [5.74, 6) is 0.417. The molecule has 2 amide bonds. The molecule has 2 aromatic carbocycles. The van der Waals surface area contributed by atoms with Gasteiger partial charge in [-0.15, -0.1) is 0 Å². The van der Waals surface area contributed by atoms with Crippen molar-refractivity contribution in [3.8, 4) is 5.75 Å². The van der Waals surface area contributed by atoms with E-state index in [0.29, 0.717) is 31.6 Å². The number of ether oxygens (including phenoxy) is 2. The van der Waals surface area contributed by atoms with Gasteiger partial charge in [-0.1, -0.05) is 19.1 Å². The van der Waals surface area contributed by atoms with E-state index >= 15 is 0 Å². The van der Waals surface area contributed by atoms with Crippen molar-refractivity contribution in [3.63, 3.8) is 0 Å². The van der Waals surface area contributed by atoms with Crippen LogP contribution in [0.1, 0.15) is 61.3 Å². The molecule has 1 unspecified atom stereocenters. The molecular formula is C30H35N3O5. The predicted octanol–water partition coefficient (Wildman–Crippen LogP) is 4.16. The summed E-state index contributed by atoms with van der Waals surface area (Å²) in [4.78, 5) is 42.3. The van der Waals surface area contributed by atoms with Gasteiger partial charge in [0.2, 0.25) is 11.8 Å². The number of rotatable bonds is 6. The highest BCUT2D eigenvalue weighted by Crippen LogP contribution is 2.37. The van der Waals surface area contributed by atoms with Crippen molar-refractivity contribution in [3.05, 3.63) is 64.8 Å². The number of hydrogen-bond donors (Lipinski definition) is 0. The molecule has 2 aliphatic rings. The summed E-state index contributed by atoms with van der Waals surface area (Å²) in [5.41, 5.74) is 4.11. The number of piperazine rings is 1. The predicted molar refractivity (Wildman–Crippen MR) is 144 cm³/mol. The summed E-state index contributed by atoms with van der Waals surface area (Å²) >= 11 is 0. The monoisotopic (exact) mass is 517 g/mol. The minimum atomic E-state index is -0.557. The number of aromatic nitrogens is 1. The fraction of sp³-hybridized carbons (Fsp3) is 0.433. The normalized spacial score (nSPS) is 17.4. The Kier molecular flexibility index (Phi) is 6.67. The van der Waals surface area contributed by atoms with E-state index in [9.17, 15) is 14.4 Å². The first-order valence-electron chi connectivity index (χ1n) is 13.2. The molecule has 3 aromatic rings. The van der Waals surface area contributed by atoms with Crippen LogP contribution in [0.5, 0.6) is 5.75 Å². The molecule has 0 aliphatic carbocycles. The summed E-state index contributed by atoms with van der Waals surface area (Å²) in [6.07, 6.45) is 1.30. The smallest absolute Gasteiger partial charge is 0.338 e. The van der Waals surface area contributed by atoms with Crippen molar-refractivity contribution in [1.82, 2.24) is 14.4 Å². The molecule has 0 saturated carbocycles. The van der Waals surface area contributed by atoms with Gasteiger partial charge in [0.15, 0.2) is 0 Å². The van der Waals surface area contributed by atoms with E-state index in [1.807, 2.05) is 58.0 Å². The quantitative estimate of drug-likeness (QED) is 0.459. The number of esters is 1. The van der Waals surface area contributed by atoms with Gasteiger partial charge in [0.1, 0.15) is 17.4 Å². The van der Waals surface area contributed by atoms with E-state index < -0.39 is 11.6 Å². The topological polar surface area (TPSA) is 81.1 Å². The van der Waals surface area contributed by atoms with Crippen LogP contribution in [0, 0.1) is 0 Å². The fourth-order valence-corrected chi connectivity index (χ4v) is 5.50. The molecule has 1 fully saturated rings. The van der Waals surface area contributed by atoms with Crippen LogP contribution in [0.15, 0.2) is 42.5 Å². The number of fused-ring (bicyclic) bond motifs is 4. The van der Waals surface area contributed by atoms with Gasteiger partial charge in [-0.25, -0.2) is 4.79 Å². The highest BCUT2D eigenvalue weighted by atomic mass is 16.6. The van der Waals surface area contributed by atoms with Gasteiger partial charge in [-0.05, 0) is 68.7 Å². The van der Waals surface area contributed by atoms with Crippen LogP contribution in [-0.2, 0) is 33.8 Å². The van der Waals surface area contributed by atoms with E-state index in [0.717, 1.165) is 39.9 Å². The zero-order chi connectivity index (χ0) is 27.2. The molecule has 0 N–H and O–H groups in total. The number of benzene rings is 2. The van der Waals surface area contributed by atoms with E-state index in [1.165, 1.54) is 0 Å². The summed E-state index contributed by atoms with van der Waals surface area (Å²) in [6.45, 7) is 9.24. The Balaban J connectivity index is 1.51. The van der Waals surface area contributed by atoms with Gasteiger partial charge < -0.3 is 23.8 Å². The molecule has 1 atom stereocenters. The second-order valence-corrected chi connectivity index (χ2v) is 11.1. The number of carbonyl (C=O) groups is 3. The van der Waals surface area contributed by atoms with Crippen LogP contribution in [0.25, 0.3) is 10.9 Å². The molecule has 8 heteroatoms. The Hall–Kier alpha value is -3.81. The van der Waals surface area contributed by atoms with Crippen molar-refractivity contribution >= 4 is 28.7 Å². The lowest BCUT2D eigenvalue weighted by Crippen LogP contribution is -2.61. The van der Waals surface area contributed by atoms with E-state index in [1.54, 1.807) is 29.0 Å². The van der Waals surface area contributed by atoms with Crippen LogP contribution < -0.4 is 4.74 Å². The van der Waals surface area contributed by atoms with Gasteiger partial charge >= 0.3 is 5.97 Å². The Morgan fingerprint density at radius 2 is 1.79 bits per heavy atom. The standard InChI is InChI=1S/C30H35N3O5/c1-6-13-31-18-27(34)33-17-26-23(15-25(33)28(31)35)22-14-21(37-5)11-12-24(22)32(26)16-19-7-9-20(10-8-19)29(36)38-30(2,3)4/h7-12,14,25H,6,13,15-18H2,1-5H3. The molecule has 0 spiro atoms. The van der Waals surface area contributed by atoms with Crippen molar-refractivity contribution < 1.29 is 23.9 Å². The molecule has 3 heterocycles. The summed E-state index contributed by atoms with van der Waals surface area (Å²) in [5, 5.41) is 1.04. The second kappa shape index (κ2) is 9.82. The molecule has 2 aliphatic heterocycles. The lowest BCUT2D eigenvalue weighted by atomic mass is 9.93. The highest BCUT2D eigenvalue weighted by molar-refractivity contribution is 5.97. The number of methoxy groups -OCH3 is 1. The Morgan fingerprint density at radius 3 is 2.45 bits per heavy atom. The van der Waals surface area contributed by atoms with E-state index in [-0.39, 0.29) is 24.3 Å². The SMILES string of the molecule is CCCN1CC(=O)N2Cc3c(c4cc(OC)ccc4n3Cc3ccc(C(=O)OC(C)(C)C)cc3)CC2C1=O. The van der Waals surface area contributed by atoms with Gasteiger partial charge in [0.05, 0.1) is 25.8 Å². The molecule has 38 heavy (non-hydrogen) atoms. The van der Waals surface area contributed by atoms with Crippen molar-refractivity contribution in [2.24, 2.45) is 0 Å². The molecule has 8 nitrogen and oxygen atoms in total. The van der Waals surface area contributed by atoms with Crippen molar-refractivity contribution in [2.45, 2.75) is 65.3 Å². The lowest BCUT2D eigenvalue weighted by Gasteiger charge is -2.43. The fourth-order valence-electron chi connectivity index (χ4n) is 5.50. The third-order valence-corrected chi connectivity index (χ3v) is 7.25. The van der Waals surface area contributed by atoms with Crippen LogP contribution in [0.2, 0.25) is 0 Å². The van der Waals surface area contributed by atoms with Gasteiger partial charge in [0, 0.05) is 36.1 Å². The Bertz CT molecular complexity index is 1400. The average Bonchev–Trinajstić information content (AvgIpc) is 3.17. The van der Waals surface area contributed by atoms with Crippen LogP contribution in [0.3, 0.4) is 0 Å². The maximum Gasteiger partial charge on any atom is 0.338 e. The zero-order valence-corrected chi connectivity index (χ0v) is 22.7. The number of hydrogen-bond acceptors (Lipinski definition) is 5. The van der Waals surface area contributed by atoms with Crippen molar-refractivity contribution in [2.75, 3.05) is 20.2 Å². The largest absolute Gasteiger partial charge is 0.497 e. The molecule has 0 radical (unpaired) electrons. The number of amides is 2. The van der Waals surface area contributed by atoms with E-state index in [4.69, 9.17) is 9.47 Å². The summed E-state index contributed by atoms with van der Waals surface area (Å²) in [7, 11) is 1.64. The number of nitrogens with zero attached hydrogens (tertiary/aromatic N) is 3. The minimum Gasteiger partial charge on any atom is -0.497 e. The Labute approximate surface area is 223 Å². The van der Waals surface area contributed by atoms with Crippen LogP contribution in [-0.4, -0.2) is 64.0 Å². The molecule has 1 saturated heterocycles. The first-order chi connectivity index (χ1) is 18.1. The lowest BCUT2D eigenvalue weighted by molar-refractivity contribution is -0.157. The van der Waals surface area contributed by atoms with Crippen molar-refractivity contribution in [1.29, 1.82) is 0 Å². The second-order valence-electron chi connectivity index (χ2n) is 11.1. The third kappa shape index (κ3) is 4.75. The first kappa shape index (κ1) is 25.8.